The van der Waals surface area contributed by atoms with Gasteiger partial charge in [0, 0.05) is 40.9 Å². The Labute approximate surface area is 225 Å². The van der Waals surface area contributed by atoms with E-state index in [0.29, 0.717) is 42.2 Å². The normalized spacial score (nSPS) is 16.9. The molecule has 0 atom stereocenters. The molecule has 1 aliphatic carbocycles. The lowest BCUT2D eigenvalue weighted by Crippen LogP contribution is -2.38. The fourth-order valence-corrected chi connectivity index (χ4v) is 7.09. The summed E-state index contributed by atoms with van der Waals surface area (Å²) in [5.74, 6) is -0.0693. The van der Waals surface area contributed by atoms with Crippen molar-refractivity contribution in [1.29, 1.82) is 0 Å². The standard InChI is InChI=1S/C26H28ClN7O3S/c1-4-22(35)32-9-7-18(8-10-32)34-16(3)23(24-20-13-28-30-21(20)11-15(2)25(24)27)26(31-34)17-12-29-33(14-17)38(36,37)19-5-6-19/h4,11-14,18-19H,1,5-10H2,2-3H3,(H,28,30). The minimum Gasteiger partial charge on any atom is -0.339 e. The third-order valence-corrected chi connectivity index (χ3v) is 10.1. The maximum absolute atomic E-state index is 12.9. The number of aromatic amines is 1. The number of fused-ring (bicyclic) bond motifs is 1. The number of carbonyl (C=O) groups is 1. The van der Waals surface area contributed by atoms with Gasteiger partial charge in [-0.15, -0.1) is 0 Å². The van der Waals surface area contributed by atoms with Crippen LogP contribution in [0.5, 0.6) is 0 Å². The summed E-state index contributed by atoms with van der Waals surface area (Å²) < 4.78 is 28.8. The van der Waals surface area contributed by atoms with Crippen LogP contribution in [0.3, 0.4) is 0 Å². The van der Waals surface area contributed by atoms with Crippen LogP contribution < -0.4 is 0 Å². The second-order valence-electron chi connectivity index (χ2n) is 10.1. The summed E-state index contributed by atoms with van der Waals surface area (Å²) >= 11 is 6.94. The van der Waals surface area contributed by atoms with Gasteiger partial charge in [0.05, 0.1) is 40.4 Å². The minimum atomic E-state index is -3.53. The summed E-state index contributed by atoms with van der Waals surface area (Å²) in [7, 11) is -3.53. The number of carbonyl (C=O) groups excluding carboxylic acids is 1. The Bertz CT molecular complexity index is 1690. The molecule has 6 rings (SSSR count). The van der Waals surface area contributed by atoms with Gasteiger partial charge >= 0.3 is 0 Å². The number of likely N-dealkylation sites (tertiary alicyclic amines) is 1. The number of hydrogen-bond donors (Lipinski definition) is 1. The van der Waals surface area contributed by atoms with Crippen molar-refractivity contribution < 1.29 is 13.2 Å². The number of hydrogen-bond acceptors (Lipinski definition) is 6. The number of H-pyrrole nitrogens is 1. The van der Waals surface area contributed by atoms with Crippen molar-refractivity contribution in [1.82, 2.24) is 34.1 Å². The molecule has 2 fully saturated rings. The van der Waals surface area contributed by atoms with E-state index in [1.807, 2.05) is 24.6 Å². The number of benzene rings is 1. The van der Waals surface area contributed by atoms with Gasteiger partial charge in [-0.1, -0.05) is 18.2 Å². The van der Waals surface area contributed by atoms with Crippen molar-refractivity contribution in [3.05, 3.63) is 53.6 Å². The van der Waals surface area contributed by atoms with Crippen LogP contribution in [0.25, 0.3) is 33.3 Å². The molecular weight excluding hydrogens is 526 g/mol. The highest BCUT2D eigenvalue weighted by Gasteiger charge is 2.38. The van der Waals surface area contributed by atoms with E-state index in [-0.39, 0.29) is 17.2 Å². The maximum atomic E-state index is 12.9. The van der Waals surface area contributed by atoms with Crippen molar-refractivity contribution in [2.45, 2.75) is 50.8 Å². The fraction of sp³-hybridized carbons (Fsp3) is 0.385. The van der Waals surface area contributed by atoms with E-state index in [9.17, 15) is 13.2 Å². The van der Waals surface area contributed by atoms with Crippen LogP contribution in [0.1, 0.15) is 43.0 Å². The van der Waals surface area contributed by atoms with E-state index >= 15 is 0 Å². The summed E-state index contributed by atoms with van der Waals surface area (Å²) in [6, 6.07) is 2.02. The Morgan fingerprint density at radius 2 is 1.89 bits per heavy atom. The third kappa shape index (κ3) is 3.95. The Kier molecular flexibility index (Phi) is 5.95. The summed E-state index contributed by atoms with van der Waals surface area (Å²) in [4.78, 5) is 13.9. The predicted molar refractivity (Wildman–Crippen MR) is 145 cm³/mol. The predicted octanol–water partition coefficient (Wildman–Crippen LogP) is 4.25. The molecule has 0 unspecified atom stereocenters. The number of nitrogens with one attached hydrogen (secondary N) is 1. The van der Waals surface area contributed by atoms with Gasteiger partial charge in [0.2, 0.25) is 5.91 Å². The minimum absolute atomic E-state index is 0.0602. The highest BCUT2D eigenvalue weighted by molar-refractivity contribution is 7.90. The first kappa shape index (κ1) is 24.9. The molecular formula is C26H28ClN7O3S. The molecule has 0 bridgehead atoms. The number of halogens is 1. The second-order valence-corrected chi connectivity index (χ2v) is 12.5. The molecule has 1 N–H and O–H groups in total. The average molecular weight is 554 g/mol. The van der Waals surface area contributed by atoms with E-state index in [1.54, 1.807) is 23.5 Å². The van der Waals surface area contributed by atoms with E-state index in [0.717, 1.165) is 50.2 Å². The van der Waals surface area contributed by atoms with E-state index in [4.69, 9.17) is 16.7 Å². The first-order valence-corrected chi connectivity index (χ1v) is 14.5. The lowest BCUT2D eigenvalue weighted by molar-refractivity contribution is -0.127. The Hall–Kier alpha value is -3.44. The van der Waals surface area contributed by atoms with Gasteiger partial charge in [-0.25, -0.2) is 8.42 Å². The van der Waals surface area contributed by atoms with Crippen molar-refractivity contribution in [3.8, 4) is 22.4 Å². The molecule has 12 heteroatoms. The quantitative estimate of drug-likeness (QED) is 0.357. The highest BCUT2D eigenvalue weighted by Crippen LogP contribution is 2.44. The van der Waals surface area contributed by atoms with Crippen LogP contribution in [0.2, 0.25) is 5.02 Å². The molecule has 198 valence electrons. The third-order valence-electron chi connectivity index (χ3n) is 7.60. The number of aryl methyl sites for hydroxylation is 1. The average Bonchev–Trinajstić information content (AvgIpc) is 3.33. The van der Waals surface area contributed by atoms with Crippen molar-refractivity contribution in [2.24, 2.45) is 0 Å². The molecule has 0 spiro atoms. The number of rotatable bonds is 6. The molecule has 4 aromatic rings. The zero-order chi connectivity index (χ0) is 26.8. The van der Waals surface area contributed by atoms with Crippen LogP contribution in [0.4, 0.5) is 0 Å². The second kappa shape index (κ2) is 9.09. The summed E-state index contributed by atoms with van der Waals surface area (Å²) in [5, 5.41) is 17.6. The molecule has 3 aromatic heterocycles. The van der Waals surface area contributed by atoms with Crippen molar-refractivity contribution in [3.63, 3.8) is 0 Å². The van der Waals surface area contributed by atoms with Crippen LogP contribution in [0.15, 0.2) is 37.3 Å². The van der Waals surface area contributed by atoms with Gasteiger partial charge in [-0.2, -0.15) is 19.4 Å². The van der Waals surface area contributed by atoms with Crippen LogP contribution >= 0.6 is 11.6 Å². The topological polar surface area (TPSA) is 119 Å². The SMILES string of the molecule is C=CC(=O)N1CCC(n2nc(-c3cnn(S(=O)(=O)C4CC4)c3)c(-c3c(Cl)c(C)cc4[nH]ncc34)c2C)CC1. The van der Waals surface area contributed by atoms with Gasteiger partial charge in [0.1, 0.15) is 5.69 Å². The number of amides is 1. The van der Waals surface area contributed by atoms with Gasteiger partial charge in [0.25, 0.3) is 10.0 Å². The molecule has 4 heterocycles. The lowest BCUT2D eigenvalue weighted by Gasteiger charge is -2.32. The maximum Gasteiger partial charge on any atom is 0.256 e. The van der Waals surface area contributed by atoms with E-state index in [2.05, 4.69) is 21.9 Å². The summed E-state index contributed by atoms with van der Waals surface area (Å²) in [6.45, 7) is 8.76. The Balaban J connectivity index is 1.51. The van der Waals surface area contributed by atoms with Gasteiger partial charge in [-0.3, -0.25) is 14.6 Å². The number of piperidine rings is 1. The molecule has 38 heavy (non-hydrogen) atoms. The van der Waals surface area contributed by atoms with Gasteiger partial charge in [-0.05, 0) is 57.2 Å². The lowest BCUT2D eigenvalue weighted by atomic mass is 9.95. The van der Waals surface area contributed by atoms with Crippen LogP contribution in [-0.4, -0.2) is 66.7 Å². The molecule has 1 saturated carbocycles. The first-order valence-electron chi connectivity index (χ1n) is 12.6. The van der Waals surface area contributed by atoms with E-state index in [1.165, 1.54) is 6.08 Å². The molecule has 1 amide bonds. The molecule has 0 radical (unpaired) electrons. The summed E-state index contributed by atoms with van der Waals surface area (Å²) in [6.07, 6.45) is 8.97. The van der Waals surface area contributed by atoms with Crippen molar-refractivity contribution in [2.75, 3.05) is 13.1 Å². The smallest absolute Gasteiger partial charge is 0.256 e. The van der Waals surface area contributed by atoms with Gasteiger partial charge < -0.3 is 4.90 Å². The van der Waals surface area contributed by atoms with Gasteiger partial charge in [0.15, 0.2) is 0 Å². The van der Waals surface area contributed by atoms with Crippen LogP contribution in [0, 0.1) is 13.8 Å². The monoisotopic (exact) mass is 553 g/mol. The number of aromatic nitrogens is 6. The number of nitrogens with zero attached hydrogens (tertiary/aromatic N) is 6. The Morgan fingerprint density at radius 3 is 2.58 bits per heavy atom. The fourth-order valence-electron chi connectivity index (χ4n) is 5.37. The van der Waals surface area contributed by atoms with E-state index < -0.39 is 10.0 Å². The van der Waals surface area contributed by atoms with Crippen molar-refractivity contribution >= 4 is 38.4 Å². The zero-order valence-electron chi connectivity index (χ0n) is 21.2. The Morgan fingerprint density at radius 1 is 1.16 bits per heavy atom. The first-order chi connectivity index (χ1) is 18.2. The summed E-state index contributed by atoms with van der Waals surface area (Å²) in [5.41, 5.74) is 5.47. The van der Waals surface area contributed by atoms with Crippen LogP contribution in [-0.2, 0) is 14.8 Å². The largest absolute Gasteiger partial charge is 0.339 e. The molecule has 1 aliphatic heterocycles. The molecule has 2 aliphatic rings. The molecule has 10 nitrogen and oxygen atoms in total. The zero-order valence-corrected chi connectivity index (χ0v) is 22.8. The molecule has 1 saturated heterocycles. The molecule has 1 aromatic carbocycles. The highest BCUT2D eigenvalue weighted by atomic mass is 35.5.